The van der Waals surface area contributed by atoms with Crippen LogP contribution in [0, 0.1) is 0 Å². The van der Waals surface area contributed by atoms with Gasteiger partial charge in [0, 0.05) is 6.20 Å². The molecule has 3 rings (SSSR count). The van der Waals surface area contributed by atoms with Crippen LogP contribution in [0.4, 0.5) is 5.69 Å². The number of anilines is 1. The molecule has 1 heterocycles. The van der Waals surface area contributed by atoms with Crippen molar-refractivity contribution in [3.8, 4) is 0 Å². The van der Waals surface area contributed by atoms with Gasteiger partial charge in [0.2, 0.25) is 0 Å². The SMILES string of the molecule is Clc1ccncc1NC(c1ccccc1)c1ccccc1. The molecule has 0 fully saturated rings. The number of benzene rings is 2. The highest BCUT2D eigenvalue weighted by Gasteiger charge is 2.14. The van der Waals surface area contributed by atoms with Gasteiger partial charge in [0.15, 0.2) is 0 Å². The maximum absolute atomic E-state index is 6.24. The Morgan fingerprint density at radius 1 is 0.810 bits per heavy atom. The van der Waals surface area contributed by atoms with Gasteiger partial charge in [-0.2, -0.15) is 0 Å². The first-order valence-corrected chi connectivity index (χ1v) is 7.18. The van der Waals surface area contributed by atoms with Crippen molar-refractivity contribution in [3.63, 3.8) is 0 Å². The van der Waals surface area contributed by atoms with E-state index >= 15 is 0 Å². The molecule has 1 aromatic heterocycles. The summed E-state index contributed by atoms with van der Waals surface area (Å²) in [5.74, 6) is 0. The molecule has 0 aliphatic heterocycles. The maximum atomic E-state index is 6.24. The zero-order chi connectivity index (χ0) is 14.5. The topological polar surface area (TPSA) is 24.9 Å². The van der Waals surface area contributed by atoms with Crippen molar-refractivity contribution in [3.05, 3.63) is 95.3 Å². The Bertz CT molecular complexity index is 659. The summed E-state index contributed by atoms with van der Waals surface area (Å²) in [6.07, 6.45) is 3.44. The van der Waals surface area contributed by atoms with E-state index in [0.29, 0.717) is 5.02 Å². The molecule has 3 aromatic rings. The number of nitrogens with one attached hydrogen (secondary N) is 1. The zero-order valence-corrected chi connectivity index (χ0v) is 12.2. The van der Waals surface area contributed by atoms with Crippen molar-refractivity contribution >= 4 is 17.3 Å². The smallest absolute Gasteiger partial charge is 0.0768 e. The van der Waals surface area contributed by atoms with Crippen LogP contribution in [0.5, 0.6) is 0 Å². The average Bonchev–Trinajstić information content (AvgIpc) is 2.56. The Kier molecular flexibility index (Phi) is 4.17. The number of halogens is 1. The molecule has 2 nitrogen and oxygen atoms in total. The van der Waals surface area contributed by atoms with E-state index in [1.54, 1.807) is 18.5 Å². The fraction of sp³-hybridized carbons (Fsp3) is 0.0556. The van der Waals surface area contributed by atoms with Gasteiger partial charge in [0.05, 0.1) is 22.9 Å². The Hall–Kier alpha value is -2.32. The Balaban J connectivity index is 1.99. The third-order valence-electron chi connectivity index (χ3n) is 3.33. The first-order chi connectivity index (χ1) is 10.3. The van der Waals surface area contributed by atoms with Gasteiger partial charge >= 0.3 is 0 Å². The molecule has 3 heteroatoms. The monoisotopic (exact) mass is 294 g/mol. The Labute approximate surface area is 129 Å². The van der Waals surface area contributed by atoms with Gasteiger partial charge in [0.1, 0.15) is 0 Å². The van der Waals surface area contributed by atoms with E-state index in [1.807, 2.05) is 36.4 Å². The number of nitrogens with zero attached hydrogens (tertiary/aromatic N) is 1. The summed E-state index contributed by atoms with van der Waals surface area (Å²) in [6.45, 7) is 0. The molecule has 0 radical (unpaired) electrons. The number of hydrogen-bond acceptors (Lipinski definition) is 2. The molecule has 1 N–H and O–H groups in total. The molecule has 0 aliphatic rings. The van der Waals surface area contributed by atoms with Crippen LogP contribution in [0.2, 0.25) is 5.02 Å². The zero-order valence-electron chi connectivity index (χ0n) is 11.4. The van der Waals surface area contributed by atoms with Crippen LogP contribution < -0.4 is 5.32 Å². The van der Waals surface area contributed by atoms with E-state index in [1.165, 1.54) is 11.1 Å². The minimum absolute atomic E-state index is 0.0362. The van der Waals surface area contributed by atoms with Crippen molar-refractivity contribution in [1.82, 2.24) is 4.98 Å². The quantitative estimate of drug-likeness (QED) is 0.737. The third-order valence-corrected chi connectivity index (χ3v) is 3.66. The summed E-state index contributed by atoms with van der Waals surface area (Å²) in [5, 5.41) is 4.15. The van der Waals surface area contributed by atoms with Gasteiger partial charge in [-0.1, -0.05) is 72.3 Å². The highest BCUT2D eigenvalue weighted by Crippen LogP contribution is 2.29. The molecule has 0 atom stereocenters. The van der Waals surface area contributed by atoms with Crippen LogP contribution in [0.3, 0.4) is 0 Å². The first-order valence-electron chi connectivity index (χ1n) is 6.80. The maximum Gasteiger partial charge on any atom is 0.0768 e. The lowest BCUT2D eigenvalue weighted by Crippen LogP contribution is -2.12. The molecule has 0 aliphatic carbocycles. The van der Waals surface area contributed by atoms with Gasteiger partial charge in [0.25, 0.3) is 0 Å². The molecule has 0 bridgehead atoms. The van der Waals surface area contributed by atoms with Crippen molar-refractivity contribution in [2.45, 2.75) is 6.04 Å². The van der Waals surface area contributed by atoms with E-state index in [4.69, 9.17) is 11.6 Å². The lowest BCUT2D eigenvalue weighted by molar-refractivity contribution is 0.937. The average molecular weight is 295 g/mol. The fourth-order valence-electron chi connectivity index (χ4n) is 2.29. The molecular formula is C18H15ClN2. The minimum Gasteiger partial charge on any atom is -0.372 e. The highest BCUT2D eigenvalue weighted by molar-refractivity contribution is 6.33. The molecule has 0 saturated carbocycles. The molecule has 0 saturated heterocycles. The summed E-state index contributed by atoms with van der Waals surface area (Å²) < 4.78 is 0. The Morgan fingerprint density at radius 3 is 1.90 bits per heavy atom. The molecule has 0 unspecified atom stereocenters. The van der Waals surface area contributed by atoms with E-state index in [0.717, 1.165) is 5.69 Å². The van der Waals surface area contributed by atoms with E-state index in [9.17, 15) is 0 Å². The minimum atomic E-state index is 0.0362. The third kappa shape index (κ3) is 3.23. The van der Waals surface area contributed by atoms with Crippen molar-refractivity contribution in [2.75, 3.05) is 5.32 Å². The van der Waals surface area contributed by atoms with Crippen molar-refractivity contribution < 1.29 is 0 Å². The second-order valence-corrected chi connectivity index (χ2v) is 5.16. The van der Waals surface area contributed by atoms with Gasteiger partial charge < -0.3 is 5.32 Å². The van der Waals surface area contributed by atoms with Crippen LogP contribution in [0.25, 0.3) is 0 Å². The lowest BCUT2D eigenvalue weighted by Gasteiger charge is -2.21. The molecule has 0 spiro atoms. The summed E-state index contributed by atoms with van der Waals surface area (Å²) in [6, 6.07) is 22.4. The van der Waals surface area contributed by atoms with Gasteiger partial charge in [-0.15, -0.1) is 0 Å². The number of aromatic nitrogens is 1. The van der Waals surface area contributed by atoms with Crippen molar-refractivity contribution in [2.24, 2.45) is 0 Å². The van der Waals surface area contributed by atoms with E-state index < -0.39 is 0 Å². The number of rotatable bonds is 4. The summed E-state index contributed by atoms with van der Waals surface area (Å²) in [5.41, 5.74) is 3.20. The van der Waals surface area contributed by atoms with E-state index in [2.05, 4.69) is 34.6 Å². The van der Waals surface area contributed by atoms with Crippen LogP contribution in [0.1, 0.15) is 17.2 Å². The summed E-state index contributed by atoms with van der Waals surface area (Å²) in [7, 11) is 0. The predicted molar refractivity (Wildman–Crippen MR) is 87.6 cm³/mol. The second kappa shape index (κ2) is 6.42. The number of pyridine rings is 1. The van der Waals surface area contributed by atoms with Gasteiger partial charge in [-0.25, -0.2) is 0 Å². The molecule has 21 heavy (non-hydrogen) atoms. The largest absolute Gasteiger partial charge is 0.372 e. The molecule has 2 aromatic carbocycles. The molecular weight excluding hydrogens is 280 g/mol. The molecule has 0 amide bonds. The van der Waals surface area contributed by atoms with Crippen molar-refractivity contribution in [1.29, 1.82) is 0 Å². The summed E-state index contributed by atoms with van der Waals surface area (Å²) in [4.78, 5) is 4.14. The van der Waals surface area contributed by atoms with Gasteiger partial charge in [-0.3, -0.25) is 4.98 Å². The highest BCUT2D eigenvalue weighted by atomic mass is 35.5. The normalized spacial score (nSPS) is 10.6. The number of hydrogen-bond donors (Lipinski definition) is 1. The Morgan fingerprint density at radius 2 is 1.38 bits per heavy atom. The van der Waals surface area contributed by atoms with Crippen LogP contribution in [-0.2, 0) is 0 Å². The standard InChI is InChI=1S/C18H15ClN2/c19-16-11-12-20-13-17(16)21-18(14-7-3-1-4-8-14)15-9-5-2-6-10-15/h1-13,18,21H. The van der Waals surface area contributed by atoms with E-state index in [-0.39, 0.29) is 6.04 Å². The summed E-state index contributed by atoms with van der Waals surface area (Å²) >= 11 is 6.24. The fourth-order valence-corrected chi connectivity index (χ4v) is 2.45. The molecule has 104 valence electrons. The predicted octanol–water partition coefficient (Wildman–Crippen LogP) is 4.94. The van der Waals surface area contributed by atoms with Gasteiger partial charge in [-0.05, 0) is 17.2 Å². The van der Waals surface area contributed by atoms with Crippen LogP contribution in [-0.4, -0.2) is 4.98 Å². The van der Waals surface area contributed by atoms with Crippen LogP contribution in [0.15, 0.2) is 79.1 Å². The van der Waals surface area contributed by atoms with Crippen LogP contribution >= 0.6 is 11.6 Å². The first kappa shape index (κ1) is 13.7. The second-order valence-electron chi connectivity index (χ2n) is 4.75. The lowest BCUT2D eigenvalue weighted by atomic mass is 9.98.